The summed E-state index contributed by atoms with van der Waals surface area (Å²) >= 11 is 0. The molecule has 3 unspecified atom stereocenters. The Morgan fingerprint density at radius 1 is 1.05 bits per heavy atom. The van der Waals surface area contributed by atoms with Crippen LogP contribution in [0.1, 0.15) is 79.3 Å². The van der Waals surface area contributed by atoms with E-state index in [-0.39, 0.29) is 47.8 Å². The number of nitrogens with zero attached hydrogens (tertiary/aromatic N) is 1. The SMILES string of the molecule is COCCCOc1cc(C2C(C(C)C)C[C@@H]([C@@H]3CC(C(C)C)C(=O)O3)N2C(=O)OC(C)(C)C)ccc1OC. The molecule has 1 aromatic carbocycles. The zero-order valence-electron chi connectivity index (χ0n) is 24.6. The molecule has 2 aliphatic heterocycles. The van der Waals surface area contributed by atoms with Gasteiger partial charge in [-0.2, -0.15) is 0 Å². The van der Waals surface area contributed by atoms with Gasteiger partial charge in [-0.05, 0) is 69.1 Å². The van der Waals surface area contributed by atoms with Crippen LogP contribution in [-0.2, 0) is 19.0 Å². The van der Waals surface area contributed by atoms with E-state index in [4.69, 9.17) is 23.7 Å². The predicted molar refractivity (Wildman–Crippen MR) is 145 cm³/mol. The monoisotopic (exact) mass is 533 g/mol. The zero-order valence-corrected chi connectivity index (χ0v) is 24.6. The summed E-state index contributed by atoms with van der Waals surface area (Å²) in [6, 6.07) is 5.33. The molecule has 8 nitrogen and oxygen atoms in total. The van der Waals surface area contributed by atoms with Crippen LogP contribution >= 0.6 is 0 Å². The van der Waals surface area contributed by atoms with Crippen LogP contribution in [0.15, 0.2) is 18.2 Å². The molecule has 2 heterocycles. The Labute approximate surface area is 228 Å². The number of rotatable bonds is 10. The van der Waals surface area contributed by atoms with Crippen molar-refractivity contribution in [2.45, 2.75) is 91.5 Å². The molecule has 2 saturated heterocycles. The van der Waals surface area contributed by atoms with E-state index in [2.05, 4.69) is 13.8 Å². The molecule has 0 spiro atoms. The van der Waals surface area contributed by atoms with Crippen LogP contribution in [0.4, 0.5) is 4.79 Å². The Kier molecular flexibility index (Phi) is 9.96. The van der Waals surface area contributed by atoms with Crippen molar-refractivity contribution in [2.75, 3.05) is 27.4 Å². The highest BCUT2D eigenvalue weighted by Gasteiger charge is 2.53. The van der Waals surface area contributed by atoms with E-state index in [1.165, 1.54) is 0 Å². The zero-order chi connectivity index (χ0) is 28.2. The molecule has 2 fully saturated rings. The van der Waals surface area contributed by atoms with Gasteiger partial charge in [-0.3, -0.25) is 9.69 Å². The molecule has 38 heavy (non-hydrogen) atoms. The highest BCUT2D eigenvalue weighted by atomic mass is 16.6. The van der Waals surface area contributed by atoms with Gasteiger partial charge in [0.1, 0.15) is 11.7 Å². The Morgan fingerprint density at radius 2 is 1.76 bits per heavy atom. The molecular weight excluding hydrogens is 486 g/mol. The van der Waals surface area contributed by atoms with Gasteiger partial charge in [0.05, 0.1) is 31.7 Å². The number of carbonyl (C=O) groups is 2. The number of hydrogen-bond donors (Lipinski definition) is 0. The quantitative estimate of drug-likeness (QED) is 0.269. The molecule has 0 saturated carbocycles. The number of cyclic esters (lactones) is 1. The van der Waals surface area contributed by atoms with E-state index >= 15 is 0 Å². The van der Waals surface area contributed by atoms with Gasteiger partial charge < -0.3 is 23.7 Å². The van der Waals surface area contributed by atoms with E-state index in [1.54, 1.807) is 14.2 Å². The molecule has 8 heteroatoms. The second-order valence-electron chi connectivity index (χ2n) is 12.2. The molecule has 0 aliphatic carbocycles. The fourth-order valence-corrected chi connectivity index (χ4v) is 5.66. The first kappa shape index (κ1) is 30.1. The molecule has 3 rings (SSSR count). The molecular formula is C30H47NO7. The van der Waals surface area contributed by atoms with E-state index in [0.717, 1.165) is 18.4 Å². The smallest absolute Gasteiger partial charge is 0.411 e. The van der Waals surface area contributed by atoms with Crippen molar-refractivity contribution in [1.29, 1.82) is 0 Å². The maximum absolute atomic E-state index is 13.8. The molecule has 0 radical (unpaired) electrons. The largest absolute Gasteiger partial charge is 0.493 e. The van der Waals surface area contributed by atoms with E-state index in [9.17, 15) is 9.59 Å². The lowest BCUT2D eigenvalue weighted by Crippen LogP contribution is -2.46. The molecule has 1 aromatic rings. The van der Waals surface area contributed by atoms with Crippen LogP contribution in [0, 0.1) is 23.7 Å². The van der Waals surface area contributed by atoms with Gasteiger partial charge in [0.2, 0.25) is 0 Å². The van der Waals surface area contributed by atoms with Crippen molar-refractivity contribution in [3.8, 4) is 11.5 Å². The lowest BCUT2D eigenvalue weighted by atomic mass is 9.83. The van der Waals surface area contributed by atoms with E-state index < -0.39 is 11.7 Å². The average molecular weight is 534 g/mol. The highest BCUT2D eigenvalue weighted by molar-refractivity contribution is 5.75. The summed E-state index contributed by atoms with van der Waals surface area (Å²) in [5.74, 6) is 1.53. The van der Waals surface area contributed by atoms with Crippen LogP contribution in [-0.4, -0.2) is 62.1 Å². The Balaban J connectivity index is 2.03. The van der Waals surface area contributed by atoms with Gasteiger partial charge in [-0.1, -0.05) is 33.8 Å². The lowest BCUT2D eigenvalue weighted by molar-refractivity contribution is -0.147. The second-order valence-corrected chi connectivity index (χ2v) is 12.2. The minimum atomic E-state index is -0.662. The van der Waals surface area contributed by atoms with Gasteiger partial charge in [0.25, 0.3) is 0 Å². The summed E-state index contributed by atoms with van der Waals surface area (Å²) in [4.78, 5) is 28.4. The Morgan fingerprint density at radius 3 is 2.32 bits per heavy atom. The minimum absolute atomic E-state index is 0.138. The summed E-state index contributed by atoms with van der Waals surface area (Å²) in [7, 11) is 3.28. The van der Waals surface area contributed by atoms with Crippen LogP contribution in [0.2, 0.25) is 0 Å². The van der Waals surface area contributed by atoms with Crippen molar-refractivity contribution in [3.63, 3.8) is 0 Å². The molecule has 5 atom stereocenters. The topological polar surface area (TPSA) is 83.5 Å². The van der Waals surface area contributed by atoms with Crippen molar-refractivity contribution >= 4 is 12.1 Å². The summed E-state index contributed by atoms with van der Waals surface area (Å²) in [6.45, 7) is 15.1. The van der Waals surface area contributed by atoms with Crippen LogP contribution < -0.4 is 9.47 Å². The van der Waals surface area contributed by atoms with Gasteiger partial charge in [-0.15, -0.1) is 0 Å². The van der Waals surface area contributed by atoms with Gasteiger partial charge in [0, 0.05) is 20.1 Å². The maximum Gasteiger partial charge on any atom is 0.411 e. The molecule has 1 amide bonds. The molecule has 0 bridgehead atoms. The number of esters is 1. The fourth-order valence-electron chi connectivity index (χ4n) is 5.66. The number of benzene rings is 1. The Hall–Kier alpha value is -2.48. The van der Waals surface area contributed by atoms with Gasteiger partial charge in [-0.25, -0.2) is 4.79 Å². The second kappa shape index (κ2) is 12.6. The van der Waals surface area contributed by atoms with Crippen molar-refractivity contribution in [3.05, 3.63) is 23.8 Å². The standard InChI is InChI=1S/C30H47NO7/c1-18(2)21-16-23(25-17-22(19(3)4)28(32)37-25)31(29(33)38-30(5,6)7)27(21)20-11-12-24(35-9)26(15-20)36-14-10-13-34-8/h11-12,15,18-19,21-23,25,27H,10,13-14,16-17H2,1-9H3/t21?,22?,23-,25-,27?/m0/s1. The van der Waals surface area contributed by atoms with Crippen LogP contribution in [0.3, 0.4) is 0 Å². The summed E-state index contributed by atoms with van der Waals surface area (Å²) < 4.78 is 28.7. The number of likely N-dealkylation sites (tertiary alicyclic amines) is 1. The summed E-state index contributed by atoms with van der Waals surface area (Å²) in [5.41, 5.74) is 0.286. The summed E-state index contributed by atoms with van der Waals surface area (Å²) in [6.07, 6.45) is 1.32. The first-order chi connectivity index (χ1) is 17.9. The molecule has 0 aromatic heterocycles. The van der Waals surface area contributed by atoms with Crippen molar-refractivity contribution in [2.24, 2.45) is 23.7 Å². The van der Waals surface area contributed by atoms with Crippen LogP contribution in [0.25, 0.3) is 0 Å². The Bertz CT molecular complexity index is 954. The van der Waals surface area contributed by atoms with E-state index in [0.29, 0.717) is 31.1 Å². The number of amides is 1. The summed E-state index contributed by atoms with van der Waals surface area (Å²) in [5, 5.41) is 0. The number of ether oxygens (including phenoxy) is 5. The molecule has 2 aliphatic rings. The average Bonchev–Trinajstić information content (AvgIpc) is 3.42. The number of carbonyl (C=O) groups excluding carboxylic acids is 2. The first-order valence-electron chi connectivity index (χ1n) is 13.9. The number of methoxy groups -OCH3 is 2. The van der Waals surface area contributed by atoms with E-state index in [1.807, 2.05) is 57.7 Å². The lowest BCUT2D eigenvalue weighted by Gasteiger charge is -2.36. The first-order valence-corrected chi connectivity index (χ1v) is 13.9. The minimum Gasteiger partial charge on any atom is -0.493 e. The van der Waals surface area contributed by atoms with Gasteiger partial charge in [0.15, 0.2) is 11.5 Å². The fraction of sp³-hybridized carbons (Fsp3) is 0.733. The highest BCUT2D eigenvalue weighted by Crippen LogP contribution is 2.49. The molecule has 0 N–H and O–H groups in total. The predicted octanol–water partition coefficient (Wildman–Crippen LogP) is 6.02. The van der Waals surface area contributed by atoms with Crippen molar-refractivity contribution in [1.82, 2.24) is 4.90 Å². The third-order valence-electron chi connectivity index (χ3n) is 7.61. The normalized spacial score (nSPS) is 25.7. The van der Waals surface area contributed by atoms with Crippen molar-refractivity contribution < 1.29 is 33.3 Å². The molecule has 214 valence electrons. The van der Waals surface area contributed by atoms with Gasteiger partial charge >= 0.3 is 12.1 Å². The third-order valence-corrected chi connectivity index (χ3v) is 7.61. The van der Waals surface area contributed by atoms with Crippen LogP contribution in [0.5, 0.6) is 11.5 Å². The maximum atomic E-state index is 13.8. The third kappa shape index (κ3) is 6.93. The number of hydrogen-bond acceptors (Lipinski definition) is 7.